The fourth-order valence-corrected chi connectivity index (χ4v) is 6.35. The van der Waals surface area contributed by atoms with Crippen LogP contribution >= 0.6 is 0 Å². The predicted octanol–water partition coefficient (Wildman–Crippen LogP) is 9.40. The second-order valence-corrected chi connectivity index (χ2v) is 10.9. The second kappa shape index (κ2) is 9.75. The maximum Gasteiger partial charge on any atom is 0.235 e. The van der Waals surface area contributed by atoms with Crippen LogP contribution in [0.25, 0.3) is 78.0 Å². The van der Waals surface area contributed by atoms with E-state index in [9.17, 15) is 0 Å². The smallest absolute Gasteiger partial charge is 0.235 e. The largest absolute Gasteiger partial charge is 0.308 e. The van der Waals surface area contributed by atoms with E-state index in [2.05, 4.69) is 118 Å². The number of rotatable bonds is 4. The lowest BCUT2D eigenvalue weighted by molar-refractivity contribution is 0.995. The van der Waals surface area contributed by atoms with Gasteiger partial charge in [-0.15, -0.1) is 0 Å². The van der Waals surface area contributed by atoms with E-state index in [1.54, 1.807) is 0 Å². The molecule has 0 atom stereocenters. The summed E-state index contributed by atoms with van der Waals surface area (Å²) in [6.07, 6.45) is 0. The molecule has 4 heterocycles. The van der Waals surface area contributed by atoms with Gasteiger partial charge in [-0.05, 0) is 36.4 Å². The van der Waals surface area contributed by atoms with E-state index < -0.39 is 0 Å². The first-order valence-electron chi connectivity index (χ1n) is 14.7. The zero-order valence-electron chi connectivity index (χ0n) is 23.7. The third kappa shape index (κ3) is 3.76. The third-order valence-corrected chi connectivity index (χ3v) is 8.33. The summed E-state index contributed by atoms with van der Waals surface area (Å²) < 4.78 is 4.47. The first-order valence-corrected chi connectivity index (χ1v) is 14.7. The SMILES string of the molecule is c1ccc(-c2cc(-c3ccccc3)nc(-n3c4ccccc4c4nc5c6ccccc6n(-c6ccccc6)c5cc43)n2)cc1. The number of hydrogen-bond acceptors (Lipinski definition) is 3. The monoisotopic (exact) mass is 563 g/mol. The first kappa shape index (κ1) is 24.5. The third-order valence-electron chi connectivity index (χ3n) is 8.33. The number of pyridine rings is 1. The van der Waals surface area contributed by atoms with E-state index in [-0.39, 0.29) is 0 Å². The lowest BCUT2D eigenvalue weighted by atomic mass is 10.1. The summed E-state index contributed by atoms with van der Waals surface area (Å²) >= 11 is 0. The highest BCUT2D eigenvalue weighted by molar-refractivity contribution is 6.15. The summed E-state index contributed by atoms with van der Waals surface area (Å²) in [5.74, 6) is 0.611. The van der Waals surface area contributed by atoms with Gasteiger partial charge in [-0.2, -0.15) is 0 Å². The summed E-state index contributed by atoms with van der Waals surface area (Å²) in [5.41, 5.74) is 11.0. The fraction of sp³-hybridized carbons (Fsp3) is 0. The van der Waals surface area contributed by atoms with Crippen molar-refractivity contribution in [3.8, 4) is 34.2 Å². The number of nitrogens with zero attached hydrogens (tertiary/aromatic N) is 5. The molecule has 9 aromatic rings. The van der Waals surface area contributed by atoms with Crippen molar-refractivity contribution >= 4 is 43.9 Å². The molecule has 0 radical (unpaired) electrons. The van der Waals surface area contributed by atoms with Gasteiger partial charge >= 0.3 is 0 Å². The first-order chi connectivity index (χ1) is 21.8. The van der Waals surface area contributed by atoms with Crippen molar-refractivity contribution < 1.29 is 0 Å². The Morgan fingerprint density at radius 3 is 1.39 bits per heavy atom. The van der Waals surface area contributed by atoms with Gasteiger partial charge in [0.15, 0.2) is 0 Å². The molecule has 0 fully saturated rings. The Labute approximate surface area is 253 Å². The second-order valence-electron chi connectivity index (χ2n) is 10.9. The van der Waals surface area contributed by atoms with E-state index >= 15 is 0 Å². The van der Waals surface area contributed by atoms with Crippen LogP contribution in [0.4, 0.5) is 0 Å². The Balaban J connectivity index is 1.41. The summed E-state index contributed by atoms with van der Waals surface area (Å²) in [4.78, 5) is 15.8. The summed E-state index contributed by atoms with van der Waals surface area (Å²) in [6, 6.07) is 52.3. The van der Waals surface area contributed by atoms with Crippen LogP contribution in [0.5, 0.6) is 0 Å². The average molecular weight is 564 g/mol. The molecule has 206 valence electrons. The molecule has 0 spiro atoms. The molecule has 0 saturated carbocycles. The lowest BCUT2D eigenvalue weighted by Gasteiger charge is -2.12. The quantitative estimate of drug-likeness (QED) is 0.214. The maximum absolute atomic E-state index is 5.39. The molecular formula is C39H25N5. The van der Waals surface area contributed by atoms with Gasteiger partial charge in [-0.1, -0.05) is 115 Å². The van der Waals surface area contributed by atoms with Crippen LogP contribution in [-0.2, 0) is 0 Å². The van der Waals surface area contributed by atoms with Crippen LogP contribution in [0, 0.1) is 0 Å². The average Bonchev–Trinajstić information content (AvgIpc) is 3.60. The molecule has 0 aliphatic rings. The minimum atomic E-state index is 0.611. The highest BCUT2D eigenvalue weighted by atomic mass is 15.2. The van der Waals surface area contributed by atoms with Crippen molar-refractivity contribution in [2.24, 2.45) is 0 Å². The molecular weight excluding hydrogens is 538 g/mol. The minimum absolute atomic E-state index is 0.611. The van der Waals surface area contributed by atoms with Crippen LogP contribution in [0.3, 0.4) is 0 Å². The van der Waals surface area contributed by atoms with E-state index in [0.717, 1.165) is 72.1 Å². The molecule has 0 aliphatic heterocycles. The van der Waals surface area contributed by atoms with Crippen molar-refractivity contribution in [3.63, 3.8) is 0 Å². The van der Waals surface area contributed by atoms with Crippen molar-refractivity contribution in [2.75, 3.05) is 0 Å². The molecule has 4 aromatic heterocycles. The minimum Gasteiger partial charge on any atom is -0.308 e. The number of fused-ring (bicyclic) bond motifs is 6. The Morgan fingerprint density at radius 2 is 0.818 bits per heavy atom. The lowest BCUT2D eigenvalue weighted by Crippen LogP contribution is -2.04. The van der Waals surface area contributed by atoms with Crippen LogP contribution in [0.15, 0.2) is 152 Å². The van der Waals surface area contributed by atoms with Crippen LogP contribution in [-0.4, -0.2) is 24.1 Å². The number of hydrogen-bond donors (Lipinski definition) is 0. The normalized spacial score (nSPS) is 11.6. The molecule has 0 aliphatic carbocycles. The van der Waals surface area contributed by atoms with Gasteiger partial charge in [-0.25, -0.2) is 15.0 Å². The van der Waals surface area contributed by atoms with Gasteiger partial charge in [0.1, 0.15) is 0 Å². The Hall–Kier alpha value is -6.07. The van der Waals surface area contributed by atoms with Gasteiger partial charge in [0.05, 0.1) is 44.5 Å². The van der Waals surface area contributed by atoms with E-state index in [1.165, 1.54) is 0 Å². The van der Waals surface area contributed by atoms with Gasteiger partial charge in [0, 0.05) is 27.6 Å². The standard InChI is InChI=1S/C39H25N5/c1-4-14-26(15-5-1)31-24-32(27-16-6-2-7-17-27)41-39(40-31)44-34-23-13-11-21-30(34)38-36(44)25-35-37(42-38)29-20-10-12-22-33(29)43(35)28-18-8-3-9-19-28/h1-25H. The summed E-state index contributed by atoms with van der Waals surface area (Å²) in [7, 11) is 0. The molecule has 5 aromatic carbocycles. The van der Waals surface area contributed by atoms with Crippen LogP contribution < -0.4 is 0 Å². The molecule has 44 heavy (non-hydrogen) atoms. The molecule has 5 nitrogen and oxygen atoms in total. The Bertz CT molecular complexity index is 2420. The van der Waals surface area contributed by atoms with E-state index in [1.807, 2.05) is 42.5 Å². The molecule has 0 unspecified atom stereocenters. The number of benzene rings is 5. The highest BCUT2D eigenvalue weighted by Crippen LogP contribution is 2.37. The molecule has 0 amide bonds. The molecule has 0 bridgehead atoms. The highest BCUT2D eigenvalue weighted by Gasteiger charge is 2.21. The van der Waals surface area contributed by atoms with Gasteiger partial charge in [0.2, 0.25) is 5.95 Å². The fourth-order valence-electron chi connectivity index (χ4n) is 6.35. The van der Waals surface area contributed by atoms with Crippen molar-refractivity contribution in [1.82, 2.24) is 24.1 Å². The van der Waals surface area contributed by atoms with Crippen LogP contribution in [0.2, 0.25) is 0 Å². The zero-order chi connectivity index (χ0) is 29.0. The molecule has 0 saturated heterocycles. The van der Waals surface area contributed by atoms with E-state index in [0.29, 0.717) is 5.95 Å². The molecule has 9 rings (SSSR count). The number of para-hydroxylation sites is 3. The Kier molecular flexibility index (Phi) is 5.43. The topological polar surface area (TPSA) is 48.5 Å². The van der Waals surface area contributed by atoms with Gasteiger partial charge in [-0.3, -0.25) is 4.57 Å². The van der Waals surface area contributed by atoms with Crippen molar-refractivity contribution in [3.05, 3.63) is 152 Å². The van der Waals surface area contributed by atoms with Crippen molar-refractivity contribution in [1.29, 1.82) is 0 Å². The van der Waals surface area contributed by atoms with Crippen LogP contribution in [0.1, 0.15) is 0 Å². The zero-order valence-corrected chi connectivity index (χ0v) is 23.7. The predicted molar refractivity (Wildman–Crippen MR) is 179 cm³/mol. The number of aromatic nitrogens is 5. The summed E-state index contributed by atoms with van der Waals surface area (Å²) in [6.45, 7) is 0. The van der Waals surface area contributed by atoms with Gasteiger partial charge in [0.25, 0.3) is 0 Å². The summed E-state index contributed by atoms with van der Waals surface area (Å²) in [5, 5.41) is 2.19. The molecule has 5 heteroatoms. The molecule has 0 N–H and O–H groups in total. The van der Waals surface area contributed by atoms with Gasteiger partial charge < -0.3 is 4.57 Å². The van der Waals surface area contributed by atoms with Crippen molar-refractivity contribution in [2.45, 2.75) is 0 Å². The van der Waals surface area contributed by atoms with E-state index in [4.69, 9.17) is 15.0 Å². The Morgan fingerprint density at radius 1 is 0.364 bits per heavy atom. The maximum atomic E-state index is 5.39.